The quantitative estimate of drug-likeness (QED) is 0.821. The normalized spacial score (nSPS) is 10.3. The number of methoxy groups -OCH3 is 1. The number of carbonyl (C=O) groups is 1. The van der Waals surface area contributed by atoms with Crippen LogP contribution in [0.2, 0.25) is 0 Å². The van der Waals surface area contributed by atoms with Gasteiger partial charge in [0.25, 0.3) is 0 Å². The van der Waals surface area contributed by atoms with Crippen LogP contribution in [0.5, 0.6) is 11.5 Å². The molecule has 2 N–H and O–H groups in total. The van der Waals surface area contributed by atoms with E-state index in [1.54, 1.807) is 7.11 Å². The molecule has 0 saturated heterocycles. The second kappa shape index (κ2) is 8.08. The van der Waals surface area contributed by atoms with Crippen molar-refractivity contribution in [2.75, 3.05) is 24.3 Å². The topological polar surface area (TPSA) is 59.6 Å². The fourth-order valence-corrected chi connectivity index (χ4v) is 2.02. The minimum absolute atomic E-state index is 0.0951. The number of benzene rings is 2. The largest absolute Gasteiger partial charge is 0.497 e. The number of ether oxygens (including phenoxy) is 2. The Hall–Kier alpha value is -2.69. The zero-order valence-electron chi connectivity index (χ0n) is 13.6. The molecule has 0 heterocycles. The minimum Gasteiger partial charge on any atom is -0.497 e. The Morgan fingerprint density at radius 1 is 1.04 bits per heavy atom. The smallest absolute Gasteiger partial charge is 0.243 e. The molecule has 0 fully saturated rings. The molecule has 0 saturated carbocycles. The summed E-state index contributed by atoms with van der Waals surface area (Å²) in [5.41, 5.74) is 1.57. The Bertz CT molecular complexity index is 639. The van der Waals surface area contributed by atoms with Gasteiger partial charge in [-0.3, -0.25) is 4.79 Å². The number of hydrogen-bond donors (Lipinski definition) is 2. The van der Waals surface area contributed by atoms with Crippen LogP contribution < -0.4 is 20.1 Å². The van der Waals surface area contributed by atoms with Gasteiger partial charge in [0, 0.05) is 17.4 Å². The number of rotatable bonds is 7. The molecule has 0 spiro atoms. The van der Waals surface area contributed by atoms with Gasteiger partial charge in [-0.1, -0.05) is 6.07 Å². The lowest BCUT2D eigenvalue weighted by Gasteiger charge is -2.12. The molecule has 23 heavy (non-hydrogen) atoms. The van der Waals surface area contributed by atoms with E-state index in [1.807, 2.05) is 62.4 Å². The van der Waals surface area contributed by atoms with Crippen molar-refractivity contribution in [3.05, 3.63) is 48.5 Å². The summed E-state index contributed by atoms with van der Waals surface area (Å²) in [6.45, 7) is 4.11. The van der Waals surface area contributed by atoms with Gasteiger partial charge in [0.15, 0.2) is 0 Å². The third-order valence-corrected chi connectivity index (χ3v) is 3.03. The molecule has 122 valence electrons. The van der Waals surface area contributed by atoms with Crippen molar-refractivity contribution in [2.24, 2.45) is 0 Å². The van der Waals surface area contributed by atoms with Gasteiger partial charge in [0.05, 0.1) is 19.8 Å². The van der Waals surface area contributed by atoms with Crippen molar-refractivity contribution in [2.45, 2.75) is 20.0 Å². The van der Waals surface area contributed by atoms with Crippen LogP contribution in [-0.2, 0) is 4.79 Å². The Labute approximate surface area is 136 Å². The molecular formula is C18H22N2O3. The van der Waals surface area contributed by atoms with Gasteiger partial charge in [-0.2, -0.15) is 0 Å². The van der Waals surface area contributed by atoms with E-state index >= 15 is 0 Å². The lowest BCUT2D eigenvalue weighted by atomic mass is 10.3. The molecule has 5 heteroatoms. The predicted octanol–water partition coefficient (Wildman–Crippen LogP) is 3.53. The maximum absolute atomic E-state index is 12.0. The van der Waals surface area contributed by atoms with Gasteiger partial charge in [-0.05, 0) is 50.2 Å². The highest BCUT2D eigenvalue weighted by molar-refractivity contribution is 5.93. The van der Waals surface area contributed by atoms with Crippen molar-refractivity contribution in [3.63, 3.8) is 0 Å². The number of nitrogens with one attached hydrogen (secondary N) is 2. The van der Waals surface area contributed by atoms with Gasteiger partial charge < -0.3 is 20.1 Å². The summed E-state index contributed by atoms with van der Waals surface area (Å²) >= 11 is 0. The van der Waals surface area contributed by atoms with Crippen LogP contribution in [0, 0.1) is 0 Å². The third-order valence-electron chi connectivity index (χ3n) is 3.03. The molecular weight excluding hydrogens is 292 g/mol. The number of carbonyl (C=O) groups excluding carboxylic acids is 1. The number of hydrogen-bond acceptors (Lipinski definition) is 4. The highest BCUT2D eigenvalue weighted by Crippen LogP contribution is 2.19. The molecule has 2 aromatic rings. The molecule has 0 aliphatic rings. The standard InChI is InChI=1S/C18H22N2O3/c1-13(2)23-17-6-4-5-15(11-17)20-18(21)12-19-14-7-9-16(22-3)10-8-14/h4-11,13,19H,12H2,1-3H3,(H,20,21). The maximum Gasteiger partial charge on any atom is 0.243 e. The molecule has 0 atom stereocenters. The van der Waals surface area contributed by atoms with Crippen LogP contribution in [0.4, 0.5) is 11.4 Å². The Balaban J connectivity index is 1.86. The Morgan fingerprint density at radius 3 is 2.43 bits per heavy atom. The van der Waals surface area contributed by atoms with Crippen LogP contribution in [0.1, 0.15) is 13.8 Å². The lowest BCUT2D eigenvalue weighted by molar-refractivity contribution is -0.114. The molecule has 0 aromatic heterocycles. The van der Waals surface area contributed by atoms with E-state index in [1.165, 1.54) is 0 Å². The van der Waals surface area contributed by atoms with E-state index in [4.69, 9.17) is 9.47 Å². The zero-order valence-corrected chi connectivity index (χ0v) is 13.6. The highest BCUT2D eigenvalue weighted by Gasteiger charge is 2.04. The van der Waals surface area contributed by atoms with E-state index in [0.717, 1.165) is 17.2 Å². The van der Waals surface area contributed by atoms with Crippen molar-refractivity contribution in [3.8, 4) is 11.5 Å². The van der Waals surface area contributed by atoms with Crippen LogP contribution in [0.15, 0.2) is 48.5 Å². The fraction of sp³-hybridized carbons (Fsp3) is 0.278. The summed E-state index contributed by atoms with van der Waals surface area (Å²) in [5, 5.41) is 5.91. The predicted molar refractivity (Wildman–Crippen MR) is 92.3 cm³/mol. The SMILES string of the molecule is COc1ccc(NCC(=O)Nc2cccc(OC(C)C)c2)cc1. The van der Waals surface area contributed by atoms with Gasteiger partial charge >= 0.3 is 0 Å². The van der Waals surface area contributed by atoms with Gasteiger partial charge in [0.2, 0.25) is 5.91 Å². The molecule has 2 rings (SSSR count). The molecule has 5 nitrogen and oxygen atoms in total. The summed E-state index contributed by atoms with van der Waals surface area (Å²) in [6.07, 6.45) is 0.0951. The average Bonchev–Trinajstić information content (AvgIpc) is 2.53. The van der Waals surface area contributed by atoms with Gasteiger partial charge in [-0.15, -0.1) is 0 Å². The van der Waals surface area contributed by atoms with E-state index in [9.17, 15) is 4.79 Å². The summed E-state index contributed by atoms with van der Waals surface area (Å²) in [5.74, 6) is 1.39. The van der Waals surface area contributed by atoms with Crippen molar-refractivity contribution in [1.29, 1.82) is 0 Å². The zero-order chi connectivity index (χ0) is 16.7. The molecule has 1 amide bonds. The molecule has 0 unspecified atom stereocenters. The van der Waals surface area contributed by atoms with Crippen LogP contribution in [0.3, 0.4) is 0 Å². The first kappa shape index (κ1) is 16.7. The maximum atomic E-state index is 12.0. The summed E-state index contributed by atoms with van der Waals surface area (Å²) in [7, 11) is 1.62. The second-order valence-corrected chi connectivity index (χ2v) is 5.32. The molecule has 0 aliphatic carbocycles. The third kappa shape index (κ3) is 5.54. The van der Waals surface area contributed by atoms with Gasteiger partial charge in [0.1, 0.15) is 11.5 Å². The van der Waals surface area contributed by atoms with E-state index in [-0.39, 0.29) is 18.6 Å². The first-order valence-electron chi connectivity index (χ1n) is 7.51. The Kier molecular flexibility index (Phi) is 5.86. The first-order valence-corrected chi connectivity index (χ1v) is 7.51. The van der Waals surface area contributed by atoms with E-state index in [2.05, 4.69) is 10.6 Å². The van der Waals surface area contributed by atoms with Crippen LogP contribution >= 0.6 is 0 Å². The molecule has 0 radical (unpaired) electrons. The second-order valence-electron chi connectivity index (χ2n) is 5.32. The van der Waals surface area contributed by atoms with E-state index in [0.29, 0.717) is 5.69 Å². The molecule has 0 aliphatic heterocycles. The average molecular weight is 314 g/mol. The minimum atomic E-state index is -0.123. The fourth-order valence-electron chi connectivity index (χ4n) is 2.02. The number of anilines is 2. The monoisotopic (exact) mass is 314 g/mol. The Morgan fingerprint density at radius 2 is 1.78 bits per heavy atom. The highest BCUT2D eigenvalue weighted by atomic mass is 16.5. The van der Waals surface area contributed by atoms with Crippen LogP contribution in [-0.4, -0.2) is 25.7 Å². The first-order chi connectivity index (χ1) is 11.1. The summed E-state index contributed by atoms with van der Waals surface area (Å²) in [4.78, 5) is 12.0. The lowest BCUT2D eigenvalue weighted by Crippen LogP contribution is -2.21. The number of amides is 1. The van der Waals surface area contributed by atoms with Crippen molar-refractivity contribution < 1.29 is 14.3 Å². The summed E-state index contributed by atoms with van der Waals surface area (Å²) in [6, 6.07) is 14.8. The molecule has 2 aromatic carbocycles. The van der Waals surface area contributed by atoms with E-state index < -0.39 is 0 Å². The van der Waals surface area contributed by atoms with Gasteiger partial charge in [-0.25, -0.2) is 0 Å². The summed E-state index contributed by atoms with van der Waals surface area (Å²) < 4.78 is 10.7. The van der Waals surface area contributed by atoms with Crippen molar-refractivity contribution >= 4 is 17.3 Å². The molecule has 0 bridgehead atoms. The van der Waals surface area contributed by atoms with Crippen molar-refractivity contribution in [1.82, 2.24) is 0 Å². The van der Waals surface area contributed by atoms with Crippen LogP contribution in [0.25, 0.3) is 0 Å².